The zero-order valence-corrected chi connectivity index (χ0v) is 16.2. The Morgan fingerprint density at radius 3 is 2.67 bits per heavy atom. The van der Waals surface area contributed by atoms with Gasteiger partial charge in [-0.3, -0.25) is 14.3 Å². The van der Waals surface area contributed by atoms with Gasteiger partial charge in [-0.05, 0) is 6.92 Å². The monoisotopic (exact) mass is 390 g/mol. The van der Waals surface area contributed by atoms with E-state index in [-0.39, 0.29) is 11.6 Å². The number of primary amides is 1. The Hall–Kier alpha value is -2.46. The van der Waals surface area contributed by atoms with Crippen molar-refractivity contribution in [1.29, 1.82) is 0 Å². The van der Waals surface area contributed by atoms with Crippen LogP contribution >= 0.6 is 11.3 Å². The van der Waals surface area contributed by atoms with Crippen LogP contribution in [0.15, 0.2) is 0 Å². The molecule has 0 bridgehead atoms. The number of hydrogen-bond acceptors (Lipinski definition) is 7. The van der Waals surface area contributed by atoms with E-state index >= 15 is 0 Å². The molecule has 2 amide bonds. The second-order valence-corrected chi connectivity index (χ2v) is 7.73. The van der Waals surface area contributed by atoms with Crippen LogP contribution in [-0.2, 0) is 24.8 Å². The molecule has 2 aromatic rings. The number of hydrogen-bond donors (Lipinski definition) is 1. The maximum absolute atomic E-state index is 13.1. The Morgan fingerprint density at radius 1 is 1.22 bits per heavy atom. The van der Waals surface area contributed by atoms with Gasteiger partial charge in [-0.25, -0.2) is 4.98 Å². The lowest BCUT2D eigenvalue weighted by Crippen LogP contribution is -2.37. The first kappa shape index (κ1) is 17.9. The van der Waals surface area contributed by atoms with Crippen LogP contribution in [0.2, 0.25) is 0 Å². The predicted octanol–water partition coefficient (Wildman–Crippen LogP) is 0.319. The van der Waals surface area contributed by atoms with E-state index in [1.807, 2.05) is 6.92 Å². The van der Waals surface area contributed by atoms with Crippen LogP contribution < -0.4 is 10.6 Å². The van der Waals surface area contributed by atoms with E-state index in [2.05, 4.69) is 15.0 Å². The molecule has 0 aliphatic carbocycles. The molecule has 0 radical (unpaired) electrons. The molecule has 1 saturated heterocycles. The predicted molar refractivity (Wildman–Crippen MR) is 100 cm³/mol. The zero-order chi connectivity index (χ0) is 19.1. The van der Waals surface area contributed by atoms with Crippen molar-refractivity contribution in [3.8, 4) is 0 Å². The van der Waals surface area contributed by atoms with Gasteiger partial charge in [0.2, 0.25) is 0 Å². The van der Waals surface area contributed by atoms with Crippen molar-refractivity contribution in [3.63, 3.8) is 0 Å². The Balaban J connectivity index is 1.57. The number of amides is 2. The number of nitrogens with two attached hydrogens (primary N) is 1. The maximum atomic E-state index is 13.1. The lowest BCUT2D eigenvalue weighted by molar-refractivity contribution is 0.0735. The van der Waals surface area contributed by atoms with E-state index in [0.29, 0.717) is 37.6 Å². The van der Waals surface area contributed by atoms with Crippen molar-refractivity contribution in [2.24, 2.45) is 12.8 Å². The van der Waals surface area contributed by atoms with Gasteiger partial charge in [-0.2, -0.15) is 5.10 Å². The molecule has 4 heterocycles. The third-order valence-corrected chi connectivity index (χ3v) is 6.23. The minimum Gasteiger partial charge on any atom is -0.378 e. The number of fused-ring (bicyclic) bond motifs is 1. The molecule has 0 unspecified atom stereocenters. The lowest BCUT2D eigenvalue weighted by Gasteiger charge is -2.27. The summed E-state index contributed by atoms with van der Waals surface area (Å²) in [7, 11) is 1.80. The van der Waals surface area contributed by atoms with Gasteiger partial charge in [-0.15, -0.1) is 0 Å². The summed E-state index contributed by atoms with van der Waals surface area (Å²) in [4.78, 5) is 33.9. The van der Waals surface area contributed by atoms with Crippen LogP contribution in [-0.4, -0.2) is 64.3 Å². The quantitative estimate of drug-likeness (QED) is 0.809. The summed E-state index contributed by atoms with van der Waals surface area (Å²) in [5.41, 5.74) is 8.15. The number of morpholine rings is 1. The van der Waals surface area contributed by atoms with E-state index in [0.717, 1.165) is 35.2 Å². The number of carbonyl (C=O) groups excluding carboxylic acids is 2. The molecule has 0 spiro atoms. The lowest BCUT2D eigenvalue weighted by atomic mass is 10.0. The van der Waals surface area contributed by atoms with E-state index in [9.17, 15) is 9.59 Å². The Bertz CT molecular complexity index is 899. The maximum Gasteiger partial charge on any atom is 0.269 e. The van der Waals surface area contributed by atoms with Gasteiger partial charge in [0.25, 0.3) is 11.8 Å². The summed E-state index contributed by atoms with van der Waals surface area (Å²) < 4.78 is 7.07. The summed E-state index contributed by atoms with van der Waals surface area (Å²) in [6.45, 7) is 5.69. The smallest absolute Gasteiger partial charge is 0.269 e. The van der Waals surface area contributed by atoms with Crippen molar-refractivity contribution >= 4 is 28.3 Å². The van der Waals surface area contributed by atoms with Gasteiger partial charge in [-0.1, -0.05) is 11.3 Å². The van der Waals surface area contributed by atoms with Gasteiger partial charge >= 0.3 is 0 Å². The van der Waals surface area contributed by atoms with Crippen molar-refractivity contribution in [1.82, 2.24) is 19.7 Å². The highest BCUT2D eigenvalue weighted by atomic mass is 32.1. The fraction of sp³-hybridized carbons (Fsp3) is 0.529. The Kier molecular flexibility index (Phi) is 4.60. The molecule has 27 heavy (non-hydrogen) atoms. The van der Waals surface area contributed by atoms with Crippen LogP contribution in [0, 0.1) is 6.92 Å². The second kappa shape index (κ2) is 6.93. The highest BCUT2D eigenvalue weighted by molar-refractivity contribution is 7.17. The van der Waals surface area contributed by atoms with Crippen LogP contribution in [0.25, 0.3) is 0 Å². The number of anilines is 1. The van der Waals surface area contributed by atoms with Crippen molar-refractivity contribution in [2.75, 3.05) is 37.7 Å². The molecule has 1 fully saturated rings. The number of thiazole rings is 1. The first-order valence-electron chi connectivity index (χ1n) is 8.89. The largest absolute Gasteiger partial charge is 0.378 e. The molecule has 0 atom stereocenters. The number of aryl methyl sites for hydroxylation is 2. The van der Waals surface area contributed by atoms with Gasteiger partial charge in [0, 0.05) is 44.4 Å². The van der Waals surface area contributed by atoms with Crippen molar-refractivity contribution in [3.05, 3.63) is 27.5 Å². The van der Waals surface area contributed by atoms with E-state index < -0.39 is 5.91 Å². The fourth-order valence-electron chi connectivity index (χ4n) is 3.58. The average Bonchev–Trinajstić information content (AvgIpc) is 3.22. The minimum absolute atomic E-state index is 0.0607. The van der Waals surface area contributed by atoms with E-state index in [4.69, 9.17) is 10.5 Å². The molecule has 2 aliphatic heterocycles. The van der Waals surface area contributed by atoms with Crippen molar-refractivity contribution < 1.29 is 14.3 Å². The standard InChI is InChI=1S/C17H22N6O3S/c1-10-14(27-17(19-10)22-5-7-26-8-6-22)16(25)23-4-3-12-11(9-23)13(15(18)24)20-21(12)2/h3-9H2,1-2H3,(H2,18,24). The van der Waals surface area contributed by atoms with Crippen LogP contribution in [0.5, 0.6) is 0 Å². The molecule has 9 nitrogen and oxygen atoms in total. The fourth-order valence-corrected chi connectivity index (χ4v) is 4.66. The molecule has 2 N–H and O–H groups in total. The number of ether oxygens (including phenoxy) is 1. The molecule has 4 rings (SSSR count). The van der Waals surface area contributed by atoms with E-state index in [1.165, 1.54) is 11.3 Å². The second-order valence-electron chi connectivity index (χ2n) is 6.75. The summed E-state index contributed by atoms with van der Waals surface area (Å²) in [6, 6.07) is 0. The van der Waals surface area contributed by atoms with E-state index in [1.54, 1.807) is 16.6 Å². The highest BCUT2D eigenvalue weighted by Gasteiger charge is 2.31. The first-order valence-corrected chi connectivity index (χ1v) is 9.71. The number of carbonyl (C=O) groups is 2. The topological polar surface area (TPSA) is 107 Å². The summed E-state index contributed by atoms with van der Waals surface area (Å²) in [6.07, 6.45) is 0.645. The van der Waals surface area contributed by atoms with Crippen LogP contribution in [0.3, 0.4) is 0 Å². The molecule has 2 aliphatic rings. The van der Waals surface area contributed by atoms with Crippen LogP contribution in [0.1, 0.15) is 37.1 Å². The first-order chi connectivity index (χ1) is 13.0. The molecule has 0 saturated carbocycles. The van der Waals surface area contributed by atoms with Gasteiger partial charge in [0.05, 0.1) is 25.5 Å². The normalized spacial score (nSPS) is 17.1. The Labute approximate surface area is 160 Å². The Morgan fingerprint density at radius 2 is 1.96 bits per heavy atom. The number of aromatic nitrogens is 3. The number of rotatable bonds is 3. The molecule has 10 heteroatoms. The molecule has 144 valence electrons. The minimum atomic E-state index is -0.565. The van der Waals surface area contributed by atoms with Gasteiger partial charge in [0.1, 0.15) is 4.88 Å². The average molecular weight is 390 g/mol. The van der Waals surface area contributed by atoms with Gasteiger partial charge < -0.3 is 20.3 Å². The summed E-state index contributed by atoms with van der Waals surface area (Å²) in [5, 5.41) is 5.07. The molecular weight excluding hydrogens is 368 g/mol. The van der Waals surface area contributed by atoms with Gasteiger partial charge in [0.15, 0.2) is 10.8 Å². The highest BCUT2D eigenvalue weighted by Crippen LogP contribution is 2.30. The SMILES string of the molecule is Cc1nc(N2CCOCC2)sc1C(=O)N1CCc2c(c(C(N)=O)nn2C)C1. The molecule has 2 aromatic heterocycles. The molecular formula is C17H22N6O3S. The summed E-state index contributed by atoms with van der Waals surface area (Å²) in [5.74, 6) is -0.626. The van der Waals surface area contributed by atoms with Crippen LogP contribution in [0.4, 0.5) is 5.13 Å². The third-order valence-electron chi connectivity index (χ3n) is 5.02. The zero-order valence-electron chi connectivity index (χ0n) is 15.4. The van der Waals surface area contributed by atoms with Crippen molar-refractivity contribution in [2.45, 2.75) is 19.9 Å². The third kappa shape index (κ3) is 3.19. The number of nitrogens with zero attached hydrogens (tertiary/aromatic N) is 5. The summed E-state index contributed by atoms with van der Waals surface area (Å²) >= 11 is 1.42. The molecule has 0 aromatic carbocycles.